The zero-order valence-corrected chi connectivity index (χ0v) is 15.6. The highest BCUT2D eigenvalue weighted by atomic mass is 127. The topological polar surface area (TPSA) is 35.5 Å². The standard InChI is InChI=1S/C16H11F4IO3S/c1-2-5-23-16(22)8-6-7(21)3-4-9(8)24-14-10(17)12(19)15(25)13(20)11(14)18/h2,6,25H,1,3-5H2. The van der Waals surface area contributed by atoms with E-state index >= 15 is 0 Å². The normalized spacial score (nSPS) is 14.2. The Morgan fingerprint density at radius 1 is 1.20 bits per heavy atom. The second-order valence-corrected chi connectivity index (χ2v) is 6.68. The number of rotatable bonds is 5. The van der Waals surface area contributed by atoms with E-state index in [-0.39, 0.29) is 24.4 Å². The molecule has 0 radical (unpaired) electrons. The van der Waals surface area contributed by atoms with Gasteiger partial charge in [0.05, 0.1) is 10.5 Å². The number of carbonyl (C=O) groups excluding carboxylic acids is 1. The molecule has 0 heterocycles. The molecule has 0 saturated carbocycles. The van der Waals surface area contributed by atoms with E-state index in [2.05, 4.69) is 19.2 Å². The molecule has 0 fully saturated rings. The van der Waals surface area contributed by atoms with Gasteiger partial charge in [-0.15, -0.1) is 12.6 Å². The van der Waals surface area contributed by atoms with Crippen LogP contribution in [0.3, 0.4) is 0 Å². The van der Waals surface area contributed by atoms with Crippen LogP contribution in [0.4, 0.5) is 17.6 Å². The molecule has 0 atom stereocenters. The fourth-order valence-electron chi connectivity index (χ4n) is 1.98. The number of halogens is 5. The fraction of sp³-hybridized carbons (Fsp3) is 0.188. The molecule has 1 aromatic carbocycles. The zero-order chi connectivity index (χ0) is 18.7. The van der Waals surface area contributed by atoms with Crippen molar-refractivity contribution in [3.8, 4) is 5.75 Å². The van der Waals surface area contributed by atoms with Crippen molar-refractivity contribution in [3.05, 3.63) is 56.9 Å². The Labute approximate surface area is 159 Å². The first-order valence-electron chi connectivity index (χ1n) is 6.87. The number of hydrogen-bond donors (Lipinski definition) is 1. The van der Waals surface area contributed by atoms with Gasteiger partial charge in [-0.2, -0.15) is 8.78 Å². The molecule has 0 amide bonds. The van der Waals surface area contributed by atoms with Crippen molar-refractivity contribution in [2.75, 3.05) is 6.61 Å². The van der Waals surface area contributed by atoms with Gasteiger partial charge in [-0.05, 0) is 38.7 Å². The lowest BCUT2D eigenvalue weighted by molar-refractivity contribution is -0.137. The summed E-state index contributed by atoms with van der Waals surface area (Å²) in [4.78, 5) is 11.0. The van der Waals surface area contributed by atoms with Crippen molar-refractivity contribution >= 4 is 41.2 Å². The number of hydrogen-bond acceptors (Lipinski definition) is 4. The van der Waals surface area contributed by atoms with Crippen LogP contribution >= 0.6 is 35.2 Å². The minimum absolute atomic E-state index is 0.0830. The Morgan fingerprint density at radius 2 is 1.80 bits per heavy atom. The molecule has 0 aliphatic heterocycles. The summed E-state index contributed by atoms with van der Waals surface area (Å²) >= 11 is 5.35. The van der Waals surface area contributed by atoms with Crippen LogP contribution in [0.15, 0.2) is 38.5 Å². The van der Waals surface area contributed by atoms with Gasteiger partial charge in [-0.1, -0.05) is 12.7 Å². The Kier molecular flexibility index (Phi) is 6.55. The molecule has 0 spiro atoms. The fourth-order valence-corrected chi connectivity index (χ4v) is 2.76. The van der Waals surface area contributed by atoms with Crippen LogP contribution in [-0.4, -0.2) is 12.6 Å². The van der Waals surface area contributed by atoms with Gasteiger partial charge in [0.1, 0.15) is 12.4 Å². The highest BCUT2D eigenvalue weighted by Gasteiger charge is 2.28. The van der Waals surface area contributed by atoms with Crippen molar-refractivity contribution in [1.29, 1.82) is 0 Å². The Hall–Kier alpha value is -1.49. The number of benzene rings is 1. The monoisotopic (exact) mass is 486 g/mol. The first kappa shape index (κ1) is 19.8. The molecule has 134 valence electrons. The van der Waals surface area contributed by atoms with Gasteiger partial charge in [0.25, 0.3) is 0 Å². The summed E-state index contributed by atoms with van der Waals surface area (Å²) in [7, 11) is 0. The Morgan fingerprint density at radius 3 is 2.36 bits per heavy atom. The van der Waals surface area contributed by atoms with Crippen LogP contribution in [0.2, 0.25) is 0 Å². The average molecular weight is 486 g/mol. The van der Waals surface area contributed by atoms with Crippen molar-refractivity contribution in [3.63, 3.8) is 0 Å². The maximum Gasteiger partial charge on any atom is 0.341 e. The SMILES string of the molecule is C=CCOC(=O)C1=C(Oc2c(F)c(F)c(S)c(F)c2F)CCC(I)=C1. The minimum Gasteiger partial charge on any atom is -0.458 e. The average Bonchev–Trinajstić information content (AvgIpc) is 2.60. The predicted molar refractivity (Wildman–Crippen MR) is 93.7 cm³/mol. The summed E-state index contributed by atoms with van der Waals surface area (Å²) < 4.78 is 65.8. The lowest BCUT2D eigenvalue weighted by Crippen LogP contribution is -2.16. The molecule has 2 rings (SSSR count). The third-order valence-corrected chi connectivity index (χ3v) is 4.41. The molecular formula is C16H11F4IO3S. The molecule has 0 saturated heterocycles. The molecule has 1 aliphatic carbocycles. The molecule has 0 N–H and O–H groups in total. The summed E-state index contributed by atoms with van der Waals surface area (Å²) in [6.07, 6.45) is 3.28. The molecule has 3 nitrogen and oxygen atoms in total. The third kappa shape index (κ3) is 4.20. The first-order valence-corrected chi connectivity index (χ1v) is 8.40. The smallest absolute Gasteiger partial charge is 0.341 e. The molecular weight excluding hydrogens is 475 g/mol. The van der Waals surface area contributed by atoms with Crippen molar-refractivity contribution in [1.82, 2.24) is 0 Å². The number of thiol groups is 1. The van der Waals surface area contributed by atoms with Crippen LogP contribution in [0, 0.1) is 23.3 Å². The maximum absolute atomic E-state index is 13.9. The number of carbonyl (C=O) groups is 1. The van der Waals surface area contributed by atoms with E-state index in [1.807, 2.05) is 22.6 Å². The van der Waals surface area contributed by atoms with E-state index in [4.69, 9.17) is 9.47 Å². The van der Waals surface area contributed by atoms with Crippen molar-refractivity contribution in [2.24, 2.45) is 0 Å². The third-order valence-electron chi connectivity index (χ3n) is 3.17. The van der Waals surface area contributed by atoms with E-state index in [9.17, 15) is 22.4 Å². The largest absolute Gasteiger partial charge is 0.458 e. The Balaban J connectivity index is 2.49. The first-order chi connectivity index (χ1) is 11.8. The second kappa shape index (κ2) is 8.26. The molecule has 0 unspecified atom stereocenters. The quantitative estimate of drug-likeness (QED) is 0.159. The van der Waals surface area contributed by atoms with E-state index in [0.29, 0.717) is 6.42 Å². The van der Waals surface area contributed by atoms with Gasteiger partial charge in [0.15, 0.2) is 11.6 Å². The van der Waals surface area contributed by atoms with E-state index in [1.54, 1.807) is 0 Å². The maximum atomic E-state index is 13.9. The lowest BCUT2D eigenvalue weighted by Gasteiger charge is -2.19. The molecule has 1 aliphatic rings. The summed E-state index contributed by atoms with van der Waals surface area (Å²) in [6.45, 7) is 3.32. The predicted octanol–water partition coefficient (Wildman–Crippen LogP) is 5.01. The Bertz CT molecular complexity index is 776. The summed E-state index contributed by atoms with van der Waals surface area (Å²) in [5.41, 5.74) is -0.0907. The highest BCUT2D eigenvalue weighted by Crippen LogP contribution is 2.36. The summed E-state index contributed by atoms with van der Waals surface area (Å²) in [6, 6.07) is 0. The number of allylic oxidation sites excluding steroid dienone is 2. The molecule has 25 heavy (non-hydrogen) atoms. The molecule has 0 bridgehead atoms. The molecule has 0 aromatic heterocycles. The van der Waals surface area contributed by atoms with E-state index in [0.717, 1.165) is 3.58 Å². The summed E-state index contributed by atoms with van der Waals surface area (Å²) in [5, 5.41) is 0. The number of ether oxygens (including phenoxy) is 2. The van der Waals surface area contributed by atoms with Crippen LogP contribution in [0.5, 0.6) is 5.75 Å². The van der Waals surface area contributed by atoms with Gasteiger partial charge >= 0.3 is 5.97 Å². The van der Waals surface area contributed by atoms with Crippen molar-refractivity contribution < 1.29 is 31.8 Å². The van der Waals surface area contributed by atoms with Gasteiger partial charge < -0.3 is 9.47 Å². The number of esters is 1. The zero-order valence-electron chi connectivity index (χ0n) is 12.5. The van der Waals surface area contributed by atoms with E-state index in [1.165, 1.54) is 12.2 Å². The van der Waals surface area contributed by atoms with Crippen LogP contribution in [0.25, 0.3) is 0 Å². The minimum atomic E-state index is -1.74. The van der Waals surface area contributed by atoms with E-state index < -0.39 is 39.9 Å². The van der Waals surface area contributed by atoms with Crippen LogP contribution in [-0.2, 0) is 9.53 Å². The van der Waals surface area contributed by atoms with Gasteiger partial charge in [-0.25, -0.2) is 13.6 Å². The summed E-state index contributed by atoms with van der Waals surface area (Å²) in [5.74, 6) is -9.08. The lowest BCUT2D eigenvalue weighted by atomic mass is 10.0. The van der Waals surface area contributed by atoms with Crippen molar-refractivity contribution in [2.45, 2.75) is 17.7 Å². The van der Waals surface area contributed by atoms with Gasteiger partial charge in [0, 0.05) is 6.42 Å². The molecule has 1 aromatic rings. The van der Waals surface area contributed by atoms with Gasteiger partial charge in [0.2, 0.25) is 17.4 Å². The second-order valence-electron chi connectivity index (χ2n) is 4.85. The molecule has 9 heteroatoms. The highest BCUT2D eigenvalue weighted by molar-refractivity contribution is 14.1. The van der Waals surface area contributed by atoms with Gasteiger partial charge in [-0.3, -0.25) is 0 Å². The van der Waals surface area contributed by atoms with Crippen LogP contribution < -0.4 is 4.74 Å². The van der Waals surface area contributed by atoms with Crippen LogP contribution in [0.1, 0.15) is 12.8 Å².